The quantitative estimate of drug-likeness (QED) is 0.392. The Morgan fingerprint density at radius 2 is 1.37 bits per heavy atom. The number of amidine groups is 1. The molecule has 2 aromatic rings. The summed E-state index contributed by atoms with van der Waals surface area (Å²) < 4.78 is 72.8. The van der Waals surface area contributed by atoms with Crippen molar-refractivity contribution in [1.82, 2.24) is 4.31 Å². The van der Waals surface area contributed by atoms with Gasteiger partial charge in [-0.2, -0.15) is 12.8 Å². The van der Waals surface area contributed by atoms with Gasteiger partial charge < -0.3 is 9.47 Å². The van der Waals surface area contributed by atoms with Gasteiger partial charge in [-0.15, -0.1) is 0 Å². The molecule has 3 aliphatic rings. The molecule has 0 saturated heterocycles. The standard InChI is InChI=1S/C33H35N3O8S2/c1-22-20-27(35-45(39,40)25-16-10-6-11-17-25)33(21-23(22)2)29(32(38)44-4)28(31(37)43-3)30(34-24-14-8-5-9-15-24)36(33)46(41,42)26-18-12-7-13-19-26/h6-7,10-13,16-21,24H,5,8-9,14-15H2,1-4H3/b34-30?,35-27+. The number of carbonyl (C=O) groups excluding carboxylic acids is 2. The van der Waals surface area contributed by atoms with Gasteiger partial charge in [0.1, 0.15) is 5.57 Å². The number of allylic oxidation sites excluding steroid dienone is 2. The van der Waals surface area contributed by atoms with Gasteiger partial charge in [0.05, 0.1) is 41.3 Å². The van der Waals surface area contributed by atoms with E-state index in [2.05, 4.69) is 4.40 Å². The molecule has 1 fully saturated rings. The lowest BCUT2D eigenvalue weighted by Gasteiger charge is -2.40. The number of ether oxygens (including phenoxy) is 2. The zero-order chi connectivity index (χ0) is 33.3. The molecule has 1 saturated carbocycles. The predicted molar refractivity (Wildman–Crippen MR) is 172 cm³/mol. The first kappa shape index (κ1) is 33.0. The number of esters is 2. The third kappa shape index (κ3) is 5.73. The predicted octanol–water partition coefficient (Wildman–Crippen LogP) is 4.54. The smallest absolute Gasteiger partial charge is 0.342 e. The topological polar surface area (TPSA) is 149 Å². The van der Waals surface area contributed by atoms with Crippen molar-refractivity contribution in [3.63, 3.8) is 0 Å². The Bertz CT molecular complexity index is 1920. The van der Waals surface area contributed by atoms with E-state index in [0.29, 0.717) is 24.0 Å². The van der Waals surface area contributed by atoms with Crippen LogP contribution in [0, 0.1) is 0 Å². The maximum absolute atomic E-state index is 14.9. The van der Waals surface area contributed by atoms with E-state index in [4.69, 9.17) is 14.5 Å². The first-order valence-corrected chi connectivity index (χ1v) is 17.6. The Labute approximate surface area is 269 Å². The summed E-state index contributed by atoms with van der Waals surface area (Å²) in [6, 6.07) is 14.5. The van der Waals surface area contributed by atoms with E-state index >= 15 is 0 Å². The van der Waals surface area contributed by atoms with Crippen LogP contribution in [0.3, 0.4) is 0 Å². The van der Waals surface area contributed by atoms with Gasteiger partial charge in [0.2, 0.25) is 0 Å². The first-order chi connectivity index (χ1) is 21.9. The van der Waals surface area contributed by atoms with Crippen molar-refractivity contribution in [2.75, 3.05) is 14.2 Å². The molecule has 1 heterocycles. The zero-order valence-corrected chi connectivity index (χ0v) is 27.6. The average molecular weight is 666 g/mol. The summed E-state index contributed by atoms with van der Waals surface area (Å²) in [5, 5.41) is 0. The molecule has 0 radical (unpaired) electrons. The van der Waals surface area contributed by atoms with Crippen molar-refractivity contribution in [3.8, 4) is 0 Å². The molecule has 2 aliphatic carbocycles. The van der Waals surface area contributed by atoms with Crippen LogP contribution < -0.4 is 0 Å². The van der Waals surface area contributed by atoms with E-state index < -0.39 is 48.7 Å². The average Bonchev–Trinajstić information content (AvgIpc) is 3.34. The lowest BCUT2D eigenvalue weighted by atomic mass is 9.78. The summed E-state index contributed by atoms with van der Waals surface area (Å²) in [5.41, 5.74) is -2.48. The Morgan fingerprint density at radius 3 is 1.93 bits per heavy atom. The molecule has 2 aromatic carbocycles. The number of hydrogen-bond acceptors (Lipinski definition) is 9. The van der Waals surface area contributed by atoms with Gasteiger partial charge in [-0.25, -0.2) is 22.3 Å². The SMILES string of the molecule is COC(=O)C1=C(C(=O)OC)C2(C=C(C)C(C)=C/C2=N\S(=O)(=O)c2ccccc2)N(S(=O)(=O)c2ccccc2)C1=NC1CCCCC1. The monoisotopic (exact) mass is 665 g/mol. The van der Waals surface area contributed by atoms with Crippen molar-refractivity contribution in [2.24, 2.45) is 9.39 Å². The van der Waals surface area contributed by atoms with Crippen LogP contribution in [0.1, 0.15) is 46.0 Å². The number of hydrogen-bond donors (Lipinski definition) is 0. The number of methoxy groups -OCH3 is 2. The van der Waals surface area contributed by atoms with E-state index in [1.165, 1.54) is 60.7 Å². The molecule has 1 aliphatic heterocycles. The van der Waals surface area contributed by atoms with Crippen molar-refractivity contribution in [1.29, 1.82) is 0 Å². The molecule has 0 bridgehead atoms. The second kappa shape index (κ2) is 12.8. The number of sulfonamides is 2. The molecule has 13 heteroatoms. The van der Waals surface area contributed by atoms with E-state index in [9.17, 15) is 26.4 Å². The van der Waals surface area contributed by atoms with Crippen LogP contribution in [0.15, 0.2) is 114 Å². The minimum Gasteiger partial charge on any atom is -0.466 e. The number of aliphatic imine (C=N–C) groups is 1. The number of rotatable bonds is 7. The highest BCUT2D eigenvalue weighted by atomic mass is 32.2. The Hall–Kier alpha value is -4.36. The molecule has 242 valence electrons. The molecule has 1 unspecified atom stereocenters. The summed E-state index contributed by atoms with van der Waals surface area (Å²) >= 11 is 0. The highest BCUT2D eigenvalue weighted by Gasteiger charge is 2.62. The van der Waals surface area contributed by atoms with Crippen LogP contribution in [-0.2, 0) is 39.1 Å². The van der Waals surface area contributed by atoms with Crippen molar-refractivity contribution in [2.45, 2.75) is 67.3 Å². The number of nitrogens with zero attached hydrogens (tertiary/aromatic N) is 3. The molecule has 5 rings (SSSR count). The molecular weight excluding hydrogens is 631 g/mol. The molecule has 1 spiro atoms. The summed E-state index contributed by atoms with van der Waals surface area (Å²) in [6.07, 6.45) is 6.73. The second-order valence-corrected chi connectivity index (χ2v) is 14.6. The largest absolute Gasteiger partial charge is 0.466 e. The summed E-state index contributed by atoms with van der Waals surface area (Å²) in [4.78, 5) is 32.1. The lowest BCUT2D eigenvalue weighted by Crippen LogP contribution is -2.57. The number of benzene rings is 2. The van der Waals surface area contributed by atoms with Crippen LogP contribution >= 0.6 is 0 Å². The van der Waals surface area contributed by atoms with Crippen LogP contribution in [0.4, 0.5) is 0 Å². The highest BCUT2D eigenvalue weighted by molar-refractivity contribution is 7.90. The van der Waals surface area contributed by atoms with Crippen molar-refractivity contribution in [3.05, 3.63) is 95.1 Å². The highest BCUT2D eigenvalue weighted by Crippen LogP contribution is 2.47. The van der Waals surface area contributed by atoms with E-state index in [0.717, 1.165) is 37.8 Å². The third-order valence-electron chi connectivity index (χ3n) is 8.36. The van der Waals surface area contributed by atoms with Crippen molar-refractivity contribution < 1.29 is 35.9 Å². The molecule has 0 amide bonds. The molecule has 11 nitrogen and oxygen atoms in total. The van der Waals surface area contributed by atoms with Crippen LogP contribution in [0.2, 0.25) is 0 Å². The third-order valence-corrected chi connectivity index (χ3v) is 11.5. The molecule has 1 atom stereocenters. The maximum Gasteiger partial charge on any atom is 0.342 e. The van der Waals surface area contributed by atoms with Crippen LogP contribution in [0.5, 0.6) is 0 Å². The van der Waals surface area contributed by atoms with Gasteiger partial charge in [-0.3, -0.25) is 4.99 Å². The fourth-order valence-corrected chi connectivity index (χ4v) is 8.74. The maximum atomic E-state index is 14.9. The normalized spacial score (nSPS) is 22.7. The molecule has 0 aromatic heterocycles. The summed E-state index contributed by atoms with van der Waals surface area (Å²) in [5.74, 6) is -2.46. The van der Waals surface area contributed by atoms with E-state index in [1.54, 1.807) is 26.0 Å². The van der Waals surface area contributed by atoms with Crippen LogP contribution in [-0.4, -0.2) is 70.4 Å². The molecular formula is C33H35N3O8S2. The Morgan fingerprint density at radius 1 is 0.804 bits per heavy atom. The van der Waals surface area contributed by atoms with E-state index in [1.807, 2.05) is 0 Å². The molecule has 46 heavy (non-hydrogen) atoms. The van der Waals surface area contributed by atoms with Gasteiger partial charge in [0, 0.05) is 0 Å². The Balaban J connectivity index is 1.97. The minimum atomic E-state index is -4.69. The minimum absolute atomic E-state index is 0.154. The fraction of sp³-hybridized carbons (Fsp3) is 0.333. The zero-order valence-electron chi connectivity index (χ0n) is 26.0. The summed E-state index contributed by atoms with van der Waals surface area (Å²) in [6.45, 7) is 3.39. The van der Waals surface area contributed by atoms with Gasteiger partial charge in [-0.1, -0.05) is 55.7 Å². The number of carbonyl (C=O) groups is 2. The Kier molecular flexibility index (Phi) is 9.19. The van der Waals surface area contributed by atoms with Gasteiger partial charge in [0.25, 0.3) is 20.0 Å². The van der Waals surface area contributed by atoms with Gasteiger partial charge >= 0.3 is 11.9 Å². The molecule has 0 N–H and O–H groups in total. The van der Waals surface area contributed by atoms with Gasteiger partial charge in [0.15, 0.2) is 11.4 Å². The second-order valence-electron chi connectivity index (χ2n) is 11.2. The lowest BCUT2D eigenvalue weighted by molar-refractivity contribution is -0.139. The van der Waals surface area contributed by atoms with Crippen LogP contribution in [0.25, 0.3) is 0 Å². The van der Waals surface area contributed by atoms with Crippen molar-refractivity contribution >= 4 is 43.5 Å². The fourth-order valence-electron chi connectivity index (χ4n) is 5.99. The first-order valence-electron chi connectivity index (χ1n) is 14.8. The van der Waals surface area contributed by atoms with Gasteiger partial charge in [-0.05, 0) is 74.3 Å². The van der Waals surface area contributed by atoms with E-state index in [-0.39, 0.29) is 27.4 Å². The summed E-state index contributed by atoms with van der Waals surface area (Å²) in [7, 11) is -6.99.